The molecule has 0 spiro atoms. The van der Waals surface area contributed by atoms with E-state index in [1.54, 1.807) is 53.7 Å². The van der Waals surface area contributed by atoms with Crippen molar-refractivity contribution in [3.8, 4) is 0 Å². The largest absolute Gasteiger partial charge is 0.347 e. The number of halogens is 2. The maximum Gasteiger partial charge on any atom is 0.270 e. The summed E-state index contributed by atoms with van der Waals surface area (Å²) in [5.41, 5.74) is 2.17. The van der Waals surface area contributed by atoms with E-state index >= 15 is 4.39 Å². The highest BCUT2D eigenvalue weighted by Gasteiger charge is 2.34. The molecule has 0 radical (unpaired) electrons. The molecule has 3 aromatic rings. The van der Waals surface area contributed by atoms with Crippen molar-refractivity contribution in [1.82, 2.24) is 30.4 Å². The van der Waals surface area contributed by atoms with Gasteiger partial charge in [0.1, 0.15) is 17.7 Å². The monoisotopic (exact) mass is 534 g/mol. The minimum Gasteiger partial charge on any atom is -0.347 e. The zero-order chi connectivity index (χ0) is 27.2. The number of nitrogens with one attached hydrogen (secondary N) is 2. The summed E-state index contributed by atoms with van der Waals surface area (Å²) in [5.74, 6) is -1.20. The van der Waals surface area contributed by atoms with Gasteiger partial charge in [0, 0.05) is 69.8 Å². The summed E-state index contributed by atoms with van der Waals surface area (Å²) in [6, 6.07) is 12.6. The van der Waals surface area contributed by atoms with Crippen LogP contribution in [0.5, 0.6) is 0 Å². The second kappa shape index (κ2) is 12.4. The molecule has 1 aromatic carbocycles. The van der Waals surface area contributed by atoms with Gasteiger partial charge in [-0.2, -0.15) is 0 Å². The molecule has 8 nitrogen and oxygen atoms in total. The van der Waals surface area contributed by atoms with Crippen LogP contribution in [0.1, 0.15) is 44.6 Å². The molecule has 3 atom stereocenters. The standard InChI is InChI=1S/C29H32F2N6O2/c30-23-4-1-20(2-5-23)19-36-13-15-37(16-14-36)29(39)22-3-6-26(34-17-22)28(38)35-25-9-12-33-18-24(25)27(31)21-7-10-32-11-8-21/h1-8,10-11,17,24-25,27,33H,9,12-16,18-19H2,(H,35,38). The topological polar surface area (TPSA) is 90.5 Å². The van der Waals surface area contributed by atoms with Gasteiger partial charge in [0.2, 0.25) is 0 Å². The summed E-state index contributed by atoms with van der Waals surface area (Å²) in [6.07, 6.45) is 3.91. The first kappa shape index (κ1) is 26.8. The normalized spacial score (nSPS) is 20.8. The molecule has 2 aliphatic heterocycles. The van der Waals surface area contributed by atoms with E-state index in [4.69, 9.17) is 0 Å². The molecule has 39 heavy (non-hydrogen) atoms. The number of aromatic nitrogens is 2. The molecular weight excluding hydrogens is 502 g/mol. The average molecular weight is 535 g/mol. The van der Waals surface area contributed by atoms with Crippen molar-refractivity contribution in [2.24, 2.45) is 5.92 Å². The van der Waals surface area contributed by atoms with E-state index in [2.05, 4.69) is 25.5 Å². The van der Waals surface area contributed by atoms with Crippen LogP contribution in [0.15, 0.2) is 67.1 Å². The van der Waals surface area contributed by atoms with Crippen molar-refractivity contribution >= 4 is 11.8 Å². The maximum atomic E-state index is 15.3. The van der Waals surface area contributed by atoms with Gasteiger partial charge in [0.05, 0.1) is 5.56 Å². The molecule has 2 fully saturated rings. The number of carbonyl (C=O) groups excluding carboxylic acids is 2. The van der Waals surface area contributed by atoms with Crippen LogP contribution in [0, 0.1) is 11.7 Å². The molecule has 0 bridgehead atoms. The van der Waals surface area contributed by atoms with Crippen LogP contribution >= 0.6 is 0 Å². The van der Waals surface area contributed by atoms with E-state index in [0.29, 0.717) is 63.4 Å². The Kier molecular flexibility index (Phi) is 8.53. The lowest BCUT2D eigenvalue weighted by Gasteiger charge is -2.35. The van der Waals surface area contributed by atoms with Crippen molar-refractivity contribution in [1.29, 1.82) is 0 Å². The lowest BCUT2D eigenvalue weighted by molar-refractivity contribution is 0.0627. The first-order valence-corrected chi connectivity index (χ1v) is 13.3. The second-order valence-corrected chi connectivity index (χ2v) is 10.0. The molecule has 2 aromatic heterocycles. The Morgan fingerprint density at radius 1 is 1.03 bits per heavy atom. The zero-order valence-corrected chi connectivity index (χ0v) is 21.6. The molecule has 2 N–H and O–H groups in total. The number of carbonyl (C=O) groups is 2. The van der Waals surface area contributed by atoms with Gasteiger partial charge in [0.15, 0.2) is 0 Å². The molecule has 3 unspecified atom stereocenters. The Balaban J connectivity index is 1.15. The Bertz CT molecular complexity index is 1250. The third-order valence-corrected chi connectivity index (χ3v) is 7.47. The highest BCUT2D eigenvalue weighted by molar-refractivity contribution is 5.96. The van der Waals surface area contributed by atoms with Gasteiger partial charge in [-0.1, -0.05) is 12.1 Å². The number of pyridine rings is 2. The van der Waals surface area contributed by atoms with Gasteiger partial charge < -0.3 is 15.5 Å². The maximum absolute atomic E-state index is 15.3. The SMILES string of the molecule is O=C(NC1CCNCC1C(F)c1ccncc1)c1ccc(C(=O)N2CCN(Cc3ccc(F)cc3)CC2)cn1. The highest BCUT2D eigenvalue weighted by Crippen LogP contribution is 2.31. The third-order valence-electron chi connectivity index (χ3n) is 7.47. The summed E-state index contributed by atoms with van der Waals surface area (Å²) in [4.78, 5) is 38.2. The number of piperazine rings is 1. The van der Waals surface area contributed by atoms with Crippen LogP contribution in [0.3, 0.4) is 0 Å². The van der Waals surface area contributed by atoms with Crippen molar-refractivity contribution in [2.45, 2.75) is 25.2 Å². The van der Waals surface area contributed by atoms with Crippen LogP contribution < -0.4 is 10.6 Å². The van der Waals surface area contributed by atoms with Crippen LogP contribution in [0.25, 0.3) is 0 Å². The second-order valence-electron chi connectivity index (χ2n) is 10.0. The number of hydrogen-bond acceptors (Lipinski definition) is 6. The molecule has 2 amide bonds. The van der Waals surface area contributed by atoms with Gasteiger partial charge in [-0.25, -0.2) is 8.78 Å². The minimum absolute atomic E-state index is 0.132. The molecule has 0 aliphatic carbocycles. The van der Waals surface area contributed by atoms with Crippen LogP contribution in [-0.2, 0) is 6.54 Å². The number of hydrogen-bond donors (Lipinski definition) is 2. The summed E-state index contributed by atoms with van der Waals surface area (Å²) >= 11 is 0. The molecular formula is C29H32F2N6O2. The van der Waals surface area contributed by atoms with Gasteiger partial charge >= 0.3 is 0 Å². The van der Waals surface area contributed by atoms with Gasteiger partial charge in [-0.05, 0) is 60.5 Å². The van der Waals surface area contributed by atoms with E-state index < -0.39 is 12.1 Å². The lowest BCUT2D eigenvalue weighted by atomic mass is 9.86. The number of amides is 2. The molecule has 5 rings (SSSR count). The average Bonchev–Trinajstić information content (AvgIpc) is 2.99. The van der Waals surface area contributed by atoms with Crippen molar-refractivity contribution in [2.75, 3.05) is 39.3 Å². The number of nitrogens with zero attached hydrogens (tertiary/aromatic N) is 4. The highest BCUT2D eigenvalue weighted by atomic mass is 19.1. The zero-order valence-electron chi connectivity index (χ0n) is 21.6. The number of alkyl halides is 1. The summed E-state index contributed by atoms with van der Waals surface area (Å²) < 4.78 is 28.4. The van der Waals surface area contributed by atoms with E-state index in [9.17, 15) is 14.0 Å². The fourth-order valence-corrected chi connectivity index (χ4v) is 5.20. The molecule has 10 heteroatoms. The Labute approximate surface area is 226 Å². The number of rotatable bonds is 7. The van der Waals surface area contributed by atoms with E-state index in [-0.39, 0.29) is 29.4 Å². The third kappa shape index (κ3) is 6.63. The lowest BCUT2D eigenvalue weighted by Crippen LogP contribution is -2.51. The molecule has 2 saturated heterocycles. The van der Waals surface area contributed by atoms with Crippen molar-refractivity contribution < 1.29 is 18.4 Å². The van der Waals surface area contributed by atoms with E-state index in [0.717, 1.165) is 5.56 Å². The first-order valence-electron chi connectivity index (χ1n) is 13.3. The van der Waals surface area contributed by atoms with Crippen LogP contribution in [0.2, 0.25) is 0 Å². The molecule has 2 aliphatic rings. The van der Waals surface area contributed by atoms with Gasteiger partial charge in [-0.3, -0.25) is 24.5 Å². The predicted octanol–water partition coefficient (Wildman–Crippen LogP) is 2.99. The van der Waals surface area contributed by atoms with Crippen LogP contribution in [0.4, 0.5) is 8.78 Å². The quantitative estimate of drug-likeness (QED) is 0.485. The van der Waals surface area contributed by atoms with Crippen LogP contribution in [-0.4, -0.2) is 76.9 Å². The number of benzene rings is 1. The summed E-state index contributed by atoms with van der Waals surface area (Å²) in [7, 11) is 0. The van der Waals surface area contributed by atoms with E-state index in [1.165, 1.54) is 18.3 Å². The van der Waals surface area contributed by atoms with E-state index in [1.807, 2.05) is 0 Å². The smallest absolute Gasteiger partial charge is 0.270 e. The minimum atomic E-state index is -1.24. The summed E-state index contributed by atoms with van der Waals surface area (Å²) in [5, 5.41) is 6.17. The predicted molar refractivity (Wildman–Crippen MR) is 142 cm³/mol. The first-order chi connectivity index (χ1) is 19.0. The summed E-state index contributed by atoms with van der Waals surface area (Å²) in [6.45, 7) is 4.40. The Morgan fingerprint density at radius 2 is 1.77 bits per heavy atom. The fraction of sp³-hybridized carbons (Fsp3) is 0.379. The fourth-order valence-electron chi connectivity index (χ4n) is 5.20. The molecule has 204 valence electrons. The molecule has 0 saturated carbocycles. The Hall–Kier alpha value is -3.76. The number of piperidine rings is 1. The van der Waals surface area contributed by atoms with Crippen molar-refractivity contribution in [3.05, 3.63) is 95.3 Å². The van der Waals surface area contributed by atoms with Gasteiger partial charge in [-0.15, -0.1) is 0 Å². The molecule has 4 heterocycles. The van der Waals surface area contributed by atoms with Gasteiger partial charge in [0.25, 0.3) is 11.8 Å². The van der Waals surface area contributed by atoms with Crippen molar-refractivity contribution in [3.63, 3.8) is 0 Å². The Morgan fingerprint density at radius 3 is 2.46 bits per heavy atom.